The fourth-order valence-corrected chi connectivity index (χ4v) is 5.79. The van der Waals surface area contributed by atoms with Crippen LogP contribution in [0, 0.1) is 0 Å². The first-order chi connectivity index (χ1) is 16.8. The minimum absolute atomic E-state index is 0.0640. The van der Waals surface area contributed by atoms with Crippen molar-refractivity contribution in [1.82, 2.24) is 14.5 Å². The van der Waals surface area contributed by atoms with Crippen molar-refractivity contribution in [3.8, 4) is 0 Å². The second-order valence-corrected chi connectivity index (χ2v) is 11.1. The highest BCUT2D eigenvalue weighted by Crippen LogP contribution is 2.35. The summed E-state index contributed by atoms with van der Waals surface area (Å²) in [5, 5.41) is 4.09. The zero-order valence-electron chi connectivity index (χ0n) is 20.5. The molecule has 0 radical (unpaired) electrons. The molecular formula is C28H31N3O3S. The summed E-state index contributed by atoms with van der Waals surface area (Å²) < 4.78 is 8.36. The molecule has 1 aliphatic heterocycles. The van der Waals surface area contributed by atoms with Gasteiger partial charge in [-0.3, -0.25) is 9.78 Å². The Kier molecular flexibility index (Phi) is 6.36. The molecule has 5 rings (SSSR count). The van der Waals surface area contributed by atoms with E-state index in [-0.39, 0.29) is 17.6 Å². The number of aromatic nitrogens is 2. The Bertz CT molecular complexity index is 1420. The summed E-state index contributed by atoms with van der Waals surface area (Å²) >= 11 is 1.63. The van der Waals surface area contributed by atoms with Gasteiger partial charge in [0.2, 0.25) is 0 Å². The first-order valence-electron chi connectivity index (χ1n) is 12.2. The minimum Gasteiger partial charge on any atom is -0.444 e. The maximum Gasteiger partial charge on any atom is 0.410 e. The molecule has 0 N–H and O–H groups in total. The number of aryl methyl sites for hydroxylation is 2. The quantitative estimate of drug-likeness (QED) is 0.354. The summed E-state index contributed by atoms with van der Waals surface area (Å²) in [6.07, 6.45) is 4.01. The molecule has 0 spiro atoms. The van der Waals surface area contributed by atoms with Crippen molar-refractivity contribution < 1.29 is 9.53 Å². The van der Waals surface area contributed by atoms with Crippen molar-refractivity contribution in [2.75, 3.05) is 13.1 Å². The first-order valence-corrected chi connectivity index (χ1v) is 13.1. The Hall–Kier alpha value is -3.19. The molecule has 182 valence electrons. The van der Waals surface area contributed by atoms with Crippen molar-refractivity contribution in [2.24, 2.45) is 0 Å². The van der Waals surface area contributed by atoms with Gasteiger partial charge in [-0.15, -0.1) is 11.3 Å². The average Bonchev–Trinajstić information content (AvgIpc) is 3.27. The minimum atomic E-state index is -0.495. The highest BCUT2D eigenvalue weighted by atomic mass is 32.1. The number of hydrogen-bond acceptors (Lipinski definition) is 5. The molecule has 1 aromatic carbocycles. The van der Waals surface area contributed by atoms with E-state index in [0.717, 1.165) is 45.1 Å². The molecule has 0 saturated carbocycles. The molecule has 1 saturated heterocycles. The number of amides is 1. The van der Waals surface area contributed by atoms with Crippen LogP contribution >= 0.6 is 11.3 Å². The standard InChI is InChI=1S/C28H31N3O3S/c1-28(2,3)34-27(33)31-14-10-19(11-15-31)22-18-35-24-13-17-30(26(32)25(22)24)16-12-21-9-8-20-6-4-5-7-23(20)29-21/h4-9,13,17-19H,10-12,14-16H2,1-3H3. The van der Waals surface area contributed by atoms with E-state index >= 15 is 0 Å². The Morgan fingerprint density at radius 1 is 1.11 bits per heavy atom. The highest BCUT2D eigenvalue weighted by molar-refractivity contribution is 7.17. The Labute approximate surface area is 209 Å². The van der Waals surface area contributed by atoms with Gasteiger partial charge < -0.3 is 14.2 Å². The highest BCUT2D eigenvalue weighted by Gasteiger charge is 2.29. The molecule has 35 heavy (non-hydrogen) atoms. The number of nitrogens with zero attached hydrogens (tertiary/aromatic N) is 3. The van der Waals surface area contributed by atoms with E-state index in [1.165, 1.54) is 0 Å². The molecule has 3 aromatic heterocycles. The Morgan fingerprint density at radius 3 is 2.66 bits per heavy atom. The number of ether oxygens (including phenoxy) is 1. The van der Waals surface area contributed by atoms with Crippen LogP contribution in [-0.4, -0.2) is 39.2 Å². The van der Waals surface area contributed by atoms with Crippen LogP contribution < -0.4 is 5.56 Å². The van der Waals surface area contributed by atoms with Crippen LogP contribution in [0.5, 0.6) is 0 Å². The van der Waals surface area contributed by atoms with Gasteiger partial charge in [-0.05, 0) is 68.7 Å². The number of para-hydroxylation sites is 1. The zero-order chi connectivity index (χ0) is 24.6. The van der Waals surface area contributed by atoms with Gasteiger partial charge in [0.15, 0.2) is 0 Å². The predicted molar refractivity (Wildman–Crippen MR) is 141 cm³/mol. The first kappa shape index (κ1) is 23.5. The maximum absolute atomic E-state index is 13.5. The number of fused-ring (bicyclic) bond motifs is 2. The van der Waals surface area contributed by atoms with Crippen LogP contribution in [0.25, 0.3) is 21.0 Å². The van der Waals surface area contributed by atoms with Crippen molar-refractivity contribution in [3.05, 3.63) is 75.7 Å². The largest absolute Gasteiger partial charge is 0.444 e. The van der Waals surface area contributed by atoms with E-state index in [4.69, 9.17) is 9.72 Å². The molecule has 7 heteroatoms. The molecule has 1 amide bonds. The van der Waals surface area contributed by atoms with Gasteiger partial charge in [0.05, 0.1) is 10.9 Å². The van der Waals surface area contributed by atoms with Crippen LogP contribution in [-0.2, 0) is 17.7 Å². The number of likely N-dealkylation sites (tertiary alicyclic amines) is 1. The molecule has 4 aromatic rings. The van der Waals surface area contributed by atoms with Crippen LogP contribution in [0.15, 0.2) is 58.8 Å². The van der Waals surface area contributed by atoms with Crippen LogP contribution in [0.4, 0.5) is 4.79 Å². The van der Waals surface area contributed by atoms with Gasteiger partial charge in [-0.2, -0.15) is 0 Å². The number of benzene rings is 1. The third-order valence-electron chi connectivity index (χ3n) is 6.58. The normalized spacial score (nSPS) is 15.1. The lowest BCUT2D eigenvalue weighted by Crippen LogP contribution is -2.41. The molecule has 0 unspecified atom stereocenters. The lowest BCUT2D eigenvalue weighted by Gasteiger charge is -2.33. The number of rotatable bonds is 4. The SMILES string of the molecule is CC(C)(C)OC(=O)N1CCC(c2csc3ccn(CCc4ccc5ccccc5n4)c(=O)c23)CC1. The maximum atomic E-state index is 13.5. The van der Waals surface area contributed by atoms with E-state index in [2.05, 4.69) is 23.6 Å². The van der Waals surface area contributed by atoms with E-state index in [1.54, 1.807) is 16.2 Å². The van der Waals surface area contributed by atoms with Gasteiger partial charge in [0.25, 0.3) is 5.56 Å². The van der Waals surface area contributed by atoms with Gasteiger partial charge >= 0.3 is 6.09 Å². The summed E-state index contributed by atoms with van der Waals surface area (Å²) in [6.45, 7) is 7.53. The van der Waals surface area contributed by atoms with Gasteiger partial charge in [0, 0.05) is 48.0 Å². The third kappa shape index (κ3) is 5.10. The second-order valence-electron chi connectivity index (χ2n) is 10.2. The van der Waals surface area contributed by atoms with Crippen LogP contribution in [0.2, 0.25) is 0 Å². The molecular weight excluding hydrogens is 458 g/mol. The Morgan fingerprint density at radius 2 is 1.89 bits per heavy atom. The molecule has 1 aliphatic rings. The number of piperidine rings is 1. The van der Waals surface area contributed by atoms with E-state index in [0.29, 0.717) is 26.1 Å². The van der Waals surface area contributed by atoms with E-state index in [1.807, 2.05) is 55.8 Å². The van der Waals surface area contributed by atoms with Crippen molar-refractivity contribution >= 4 is 38.4 Å². The number of carbonyl (C=O) groups excluding carboxylic acids is 1. The summed E-state index contributed by atoms with van der Waals surface area (Å²) in [6, 6.07) is 14.3. The van der Waals surface area contributed by atoms with Crippen molar-refractivity contribution in [3.63, 3.8) is 0 Å². The fourth-order valence-electron chi connectivity index (χ4n) is 4.77. The molecule has 4 heterocycles. The van der Waals surface area contributed by atoms with Crippen molar-refractivity contribution in [2.45, 2.75) is 58.1 Å². The third-order valence-corrected chi connectivity index (χ3v) is 7.55. The monoisotopic (exact) mass is 489 g/mol. The summed E-state index contributed by atoms with van der Waals surface area (Å²) in [7, 11) is 0. The molecule has 0 atom stereocenters. The molecule has 0 bridgehead atoms. The predicted octanol–water partition coefficient (Wildman–Crippen LogP) is 5.97. The zero-order valence-corrected chi connectivity index (χ0v) is 21.3. The van der Waals surface area contributed by atoms with E-state index < -0.39 is 5.60 Å². The summed E-state index contributed by atoms with van der Waals surface area (Å²) in [5.41, 5.74) is 2.65. The van der Waals surface area contributed by atoms with Gasteiger partial charge in [0.1, 0.15) is 5.60 Å². The van der Waals surface area contributed by atoms with E-state index in [9.17, 15) is 9.59 Å². The average molecular weight is 490 g/mol. The second kappa shape index (κ2) is 9.46. The molecule has 0 aliphatic carbocycles. The molecule has 1 fully saturated rings. The number of carbonyl (C=O) groups is 1. The van der Waals surface area contributed by atoms with Crippen LogP contribution in [0.3, 0.4) is 0 Å². The number of pyridine rings is 2. The topological polar surface area (TPSA) is 64.4 Å². The van der Waals surface area contributed by atoms with Gasteiger partial charge in [-0.25, -0.2) is 4.79 Å². The lowest BCUT2D eigenvalue weighted by atomic mass is 9.89. The smallest absolute Gasteiger partial charge is 0.410 e. The fraction of sp³-hybridized carbons (Fsp3) is 0.393. The van der Waals surface area contributed by atoms with Crippen molar-refractivity contribution in [1.29, 1.82) is 0 Å². The lowest BCUT2D eigenvalue weighted by molar-refractivity contribution is 0.0205. The number of thiophene rings is 1. The summed E-state index contributed by atoms with van der Waals surface area (Å²) in [4.78, 5) is 32.4. The molecule has 6 nitrogen and oxygen atoms in total. The summed E-state index contributed by atoms with van der Waals surface area (Å²) in [5.74, 6) is 0.271. The number of hydrogen-bond donors (Lipinski definition) is 0. The van der Waals surface area contributed by atoms with Crippen LogP contribution in [0.1, 0.15) is 50.8 Å². The van der Waals surface area contributed by atoms with Gasteiger partial charge in [-0.1, -0.05) is 24.3 Å². The Balaban J connectivity index is 1.31.